The SMILES string of the molecule is COc1cc(-c2cccnc2)nc2c(S(=O)(=O)c3ccccc3)c(SC)nn12. The average Bonchev–Trinajstić information content (AvgIpc) is 3.13. The van der Waals surface area contributed by atoms with Crippen LogP contribution in [-0.2, 0) is 9.84 Å². The van der Waals surface area contributed by atoms with Crippen molar-refractivity contribution < 1.29 is 13.2 Å². The molecule has 0 radical (unpaired) electrons. The smallest absolute Gasteiger partial charge is 0.218 e. The normalized spacial score (nSPS) is 11.6. The van der Waals surface area contributed by atoms with E-state index in [1.54, 1.807) is 61.1 Å². The summed E-state index contributed by atoms with van der Waals surface area (Å²) in [5.74, 6) is 0.383. The van der Waals surface area contributed by atoms with Crippen LogP contribution in [0.25, 0.3) is 16.9 Å². The van der Waals surface area contributed by atoms with E-state index in [2.05, 4.69) is 15.1 Å². The predicted octanol–water partition coefficient (Wildman–Crippen LogP) is 3.35. The molecule has 1 aromatic carbocycles. The van der Waals surface area contributed by atoms with Crippen LogP contribution in [0, 0.1) is 0 Å². The molecule has 142 valence electrons. The predicted molar refractivity (Wildman–Crippen MR) is 106 cm³/mol. The summed E-state index contributed by atoms with van der Waals surface area (Å²) in [7, 11) is -2.32. The summed E-state index contributed by atoms with van der Waals surface area (Å²) in [6, 6.07) is 13.6. The van der Waals surface area contributed by atoms with E-state index < -0.39 is 9.84 Å². The van der Waals surface area contributed by atoms with Gasteiger partial charge in [0, 0.05) is 24.0 Å². The highest BCUT2D eigenvalue weighted by Crippen LogP contribution is 2.35. The topological polar surface area (TPSA) is 86.5 Å². The number of methoxy groups -OCH3 is 1. The maximum atomic E-state index is 13.4. The lowest BCUT2D eigenvalue weighted by molar-refractivity contribution is 0.384. The van der Waals surface area contributed by atoms with Crippen molar-refractivity contribution in [1.82, 2.24) is 19.6 Å². The molecule has 4 rings (SSSR count). The number of pyridine rings is 1. The molecule has 0 N–H and O–H groups in total. The Balaban J connectivity index is 2.06. The lowest BCUT2D eigenvalue weighted by Gasteiger charge is -2.08. The minimum absolute atomic E-state index is 0.0650. The van der Waals surface area contributed by atoms with Gasteiger partial charge in [-0.2, -0.15) is 9.61 Å². The number of fused-ring (bicyclic) bond motifs is 1. The zero-order chi connectivity index (χ0) is 19.7. The van der Waals surface area contributed by atoms with E-state index in [0.29, 0.717) is 16.6 Å². The van der Waals surface area contributed by atoms with Gasteiger partial charge in [-0.3, -0.25) is 4.98 Å². The van der Waals surface area contributed by atoms with Crippen molar-refractivity contribution in [2.45, 2.75) is 14.8 Å². The van der Waals surface area contributed by atoms with Crippen LogP contribution in [0.1, 0.15) is 0 Å². The van der Waals surface area contributed by atoms with Gasteiger partial charge in [-0.05, 0) is 30.5 Å². The molecule has 28 heavy (non-hydrogen) atoms. The van der Waals surface area contributed by atoms with Gasteiger partial charge in [0.05, 0.1) is 17.7 Å². The Bertz CT molecular complexity index is 1240. The number of benzene rings is 1. The summed E-state index contributed by atoms with van der Waals surface area (Å²) in [6.45, 7) is 0. The average molecular weight is 412 g/mol. The minimum Gasteiger partial charge on any atom is -0.481 e. The van der Waals surface area contributed by atoms with Gasteiger partial charge in [0.15, 0.2) is 10.5 Å². The molecule has 3 heterocycles. The largest absolute Gasteiger partial charge is 0.481 e. The van der Waals surface area contributed by atoms with E-state index in [0.717, 1.165) is 5.56 Å². The first-order valence-electron chi connectivity index (χ1n) is 8.28. The quantitative estimate of drug-likeness (QED) is 0.465. The third-order valence-electron chi connectivity index (χ3n) is 4.17. The Morgan fingerprint density at radius 2 is 1.89 bits per heavy atom. The monoisotopic (exact) mass is 412 g/mol. The van der Waals surface area contributed by atoms with Crippen LogP contribution in [0.2, 0.25) is 0 Å². The Hall–Kier alpha value is -2.91. The molecule has 3 aromatic heterocycles. The van der Waals surface area contributed by atoms with Crippen LogP contribution in [-0.4, -0.2) is 41.4 Å². The molecule has 0 aliphatic carbocycles. The number of rotatable bonds is 5. The first kappa shape index (κ1) is 18.5. The molecule has 7 nitrogen and oxygen atoms in total. The Labute approximate surface area is 166 Å². The van der Waals surface area contributed by atoms with Crippen molar-refractivity contribution in [3.05, 3.63) is 60.9 Å². The third kappa shape index (κ3) is 3.02. The minimum atomic E-state index is -3.83. The number of thioether (sulfide) groups is 1. The number of aromatic nitrogens is 4. The highest BCUT2D eigenvalue weighted by molar-refractivity contribution is 7.99. The number of hydrogen-bond donors (Lipinski definition) is 0. The van der Waals surface area contributed by atoms with Crippen molar-refractivity contribution in [3.63, 3.8) is 0 Å². The lowest BCUT2D eigenvalue weighted by Crippen LogP contribution is -2.05. The van der Waals surface area contributed by atoms with E-state index >= 15 is 0 Å². The van der Waals surface area contributed by atoms with Gasteiger partial charge in [0.2, 0.25) is 15.7 Å². The summed E-state index contributed by atoms with van der Waals surface area (Å²) >= 11 is 1.24. The maximum Gasteiger partial charge on any atom is 0.218 e. The maximum absolute atomic E-state index is 13.4. The van der Waals surface area contributed by atoms with Gasteiger partial charge in [-0.15, -0.1) is 11.8 Å². The second-order valence-corrected chi connectivity index (χ2v) is 8.50. The summed E-state index contributed by atoms with van der Waals surface area (Å²) in [5.41, 5.74) is 1.51. The Morgan fingerprint density at radius 3 is 2.54 bits per heavy atom. The van der Waals surface area contributed by atoms with Crippen LogP contribution in [0.15, 0.2) is 75.7 Å². The summed E-state index contributed by atoms with van der Waals surface area (Å²) in [5, 5.41) is 4.79. The number of sulfone groups is 1. The molecular formula is C19H16N4O3S2. The van der Waals surface area contributed by atoms with Crippen LogP contribution in [0.4, 0.5) is 0 Å². The molecule has 0 spiro atoms. The van der Waals surface area contributed by atoms with Crippen LogP contribution >= 0.6 is 11.8 Å². The fourth-order valence-corrected chi connectivity index (χ4v) is 5.26. The Morgan fingerprint density at radius 1 is 1.11 bits per heavy atom. The molecule has 0 amide bonds. The summed E-state index contributed by atoms with van der Waals surface area (Å²) in [6.07, 6.45) is 5.10. The van der Waals surface area contributed by atoms with Gasteiger partial charge in [0.25, 0.3) is 0 Å². The van der Waals surface area contributed by atoms with Crippen LogP contribution in [0.3, 0.4) is 0 Å². The Kier molecular flexibility index (Phi) is 4.78. The summed E-state index contributed by atoms with van der Waals surface area (Å²) in [4.78, 5) is 8.97. The van der Waals surface area contributed by atoms with Gasteiger partial charge >= 0.3 is 0 Å². The number of hydrogen-bond acceptors (Lipinski definition) is 7. The van der Waals surface area contributed by atoms with Gasteiger partial charge in [-0.25, -0.2) is 13.4 Å². The van der Waals surface area contributed by atoms with E-state index in [1.165, 1.54) is 23.4 Å². The second-order valence-electron chi connectivity index (χ2n) is 5.82. The molecule has 0 saturated heterocycles. The lowest BCUT2D eigenvalue weighted by atomic mass is 10.2. The first-order chi connectivity index (χ1) is 13.6. The molecule has 0 aliphatic rings. The van der Waals surface area contributed by atoms with Crippen molar-refractivity contribution >= 4 is 27.2 Å². The first-order valence-corrected chi connectivity index (χ1v) is 11.0. The summed E-state index contributed by atoms with van der Waals surface area (Å²) < 4.78 is 33.6. The molecule has 0 unspecified atom stereocenters. The molecule has 9 heteroatoms. The molecule has 0 aliphatic heterocycles. The highest BCUT2D eigenvalue weighted by Gasteiger charge is 2.29. The van der Waals surface area contributed by atoms with E-state index in [4.69, 9.17) is 4.74 Å². The van der Waals surface area contributed by atoms with Crippen molar-refractivity contribution in [1.29, 1.82) is 0 Å². The van der Waals surface area contributed by atoms with Crippen molar-refractivity contribution in [3.8, 4) is 17.1 Å². The van der Waals surface area contributed by atoms with Crippen LogP contribution < -0.4 is 4.74 Å². The zero-order valence-corrected chi connectivity index (χ0v) is 16.7. The number of nitrogens with zero attached hydrogens (tertiary/aromatic N) is 4. The molecule has 4 aromatic rings. The van der Waals surface area contributed by atoms with Crippen molar-refractivity contribution in [2.24, 2.45) is 0 Å². The zero-order valence-electron chi connectivity index (χ0n) is 15.1. The fraction of sp³-hybridized carbons (Fsp3) is 0.105. The fourth-order valence-electron chi connectivity index (χ4n) is 2.85. The van der Waals surface area contributed by atoms with Crippen LogP contribution in [0.5, 0.6) is 5.88 Å². The van der Waals surface area contributed by atoms with Gasteiger partial charge < -0.3 is 4.74 Å². The van der Waals surface area contributed by atoms with Crippen molar-refractivity contribution in [2.75, 3.05) is 13.4 Å². The molecule has 0 atom stereocenters. The molecule has 0 saturated carbocycles. The number of ether oxygens (including phenoxy) is 1. The standard InChI is InChI=1S/C19H16N4O3S2/c1-26-16-11-15(13-7-6-10-20-12-13)21-18-17(19(27-2)22-23(16)18)28(24,25)14-8-4-3-5-9-14/h3-12H,1-2H3. The highest BCUT2D eigenvalue weighted by atomic mass is 32.2. The van der Waals surface area contributed by atoms with E-state index in [-0.39, 0.29) is 15.4 Å². The van der Waals surface area contributed by atoms with E-state index in [1.807, 2.05) is 6.07 Å². The molecule has 0 bridgehead atoms. The molecular weight excluding hydrogens is 396 g/mol. The van der Waals surface area contributed by atoms with E-state index in [9.17, 15) is 8.42 Å². The third-order valence-corrected chi connectivity index (χ3v) is 6.77. The van der Waals surface area contributed by atoms with Gasteiger partial charge in [-0.1, -0.05) is 18.2 Å². The molecule has 0 fully saturated rings. The second kappa shape index (κ2) is 7.25. The van der Waals surface area contributed by atoms with Gasteiger partial charge in [0.1, 0.15) is 5.03 Å².